The third-order valence-corrected chi connectivity index (χ3v) is 2.27. The van der Waals surface area contributed by atoms with Crippen LogP contribution in [0.3, 0.4) is 0 Å². The zero-order valence-electron chi connectivity index (χ0n) is 8.03. The Morgan fingerprint density at radius 2 is 2.23 bits per heavy atom. The fourth-order valence-electron chi connectivity index (χ4n) is 1.32. The van der Waals surface area contributed by atoms with Crippen LogP contribution in [0.4, 0.5) is 0 Å². The van der Waals surface area contributed by atoms with Crippen LogP contribution in [0, 0.1) is 0 Å². The van der Waals surface area contributed by atoms with Gasteiger partial charge in [0.1, 0.15) is 0 Å². The fourth-order valence-corrected chi connectivity index (χ4v) is 1.32. The number of benzene rings is 1. The van der Waals surface area contributed by atoms with Gasteiger partial charge in [-0.15, -0.1) is 0 Å². The second-order valence-corrected chi connectivity index (χ2v) is 3.36. The first-order valence-corrected chi connectivity index (χ1v) is 4.67. The molecule has 0 aliphatic carbocycles. The van der Waals surface area contributed by atoms with E-state index in [1.54, 1.807) is 0 Å². The number of hydrogen-bond donors (Lipinski definition) is 2. The van der Waals surface area contributed by atoms with Gasteiger partial charge >= 0.3 is 0 Å². The van der Waals surface area contributed by atoms with Crippen molar-refractivity contribution < 1.29 is 5.11 Å². The van der Waals surface area contributed by atoms with Crippen molar-refractivity contribution in [2.45, 2.75) is 19.3 Å². The van der Waals surface area contributed by atoms with E-state index in [2.05, 4.69) is 19.1 Å². The predicted octanol–water partition coefficient (Wildman–Crippen LogP) is 1.28. The second-order valence-electron chi connectivity index (χ2n) is 3.36. The maximum Gasteiger partial charge on any atom is 0.0471 e. The molecule has 1 aromatic rings. The number of rotatable bonds is 4. The maximum absolute atomic E-state index is 8.78. The molecule has 1 rings (SSSR count). The third kappa shape index (κ3) is 2.83. The molecule has 0 aliphatic rings. The van der Waals surface area contributed by atoms with Crippen molar-refractivity contribution in [3.05, 3.63) is 35.4 Å². The van der Waals surface area contributed by atoms with Crippen LogP contribution in [0.5, 0.6) is 0 Å². The van der Waals surface area contributed by atoms with E-state index in [-0.39, 0.29) is 6.61 Å². The smallest absolute Gasteiger partial charge is 0.0471 e. The first kappa shape index (κ1) is 10.2. The van der Waals surface area contributed by atoms with Crippen LogP contribution in [0.1, 0.15) is 24.0 Å². The van der Waals surface area contributed by atoms with Gasteiger partial charge < -0.3 is 10.8 Å². The van der Waals surface area contributed by atoms with Crippen molar-refractivity contribution in [3.8, 4) is 0 Å². The molecule has 2 heteroatoms. The number of hydrogen-bond acceptors (Lipinski definition) is 2. The first-order chi connectivity index (χ1) is 6.27. The Morgan fingerprint density at radius 3 is 2.85 bits per heavy atom. The molecule has 0 amide bonds. The molecule has 0 saturated carbocycles. The summed E-state index contributed by atoms with van der Waals surface area (Å²) in [6.07, 6.45) is 0.727. The van der Waals surface area contributed by atoms with Crippen molar-refractivity contribution >= 4 is 0 Å². The Balaban J connectivity index is 2.78. The van der Waals surface area contributed by atoms with Gasteiger partial charge in [-0.3, -0.25) is 0 Å². The number of nitrogens with two attached hydrogens (primary N) is 1. The van der Waals surface area contributed by atoms with E-state index in [0.717, 1.165) is 6.42 Å². The lowest BCUT2D eigenvalue weighted by Gasteiger charge is -2.09. The van der Waals surface area contributed by atoms with E-state index in [1.807, 2.05) is 12.1 Å². The minimum Gasteiger partial charge on any atom is -0.396 e. The van der Waals surface area contributed by atoms with Crippen molar-refractivity contribution in [2.24, 2.45) is 5.73 Å². The summed E-state index contributed by atoms with van der Waals surface area (Å²) < 4.78 is 0. The van der Waals surface area contributed by atoms with Crippen LogP contribution in [0.2, 0.25) is 0 Å². The van der Waals surface area contributed by atoms with Crippen LogP contribution in [0.15, 0.2) is 24.3 Å². The van der Waals surface area contributed by atoms with Crippen LogP contribution >= 0.6 is 0 Å². The van der Waals surface area contributed by atoms with E-state index >= 15 is 0 Å². The summed E-state index contributed by atoms with van der Waals surface area (Å²) in [5.41, 5.74) is 8.02. The Hall–Kier alpha value is -0.860. The van der Waals surface area contributed by atoms with Gasteiger partial charge in [-0.1, -0.05) is 31.2 Å². The molecule has 72 valence electrons. The summed E-state index contributed by atoms with van der Waals surface area (Å²) in [6.45, 7) is 2.99. The van der Waals surface area contributed by atoms with Gasteiger partial charge in [-0.25, -0.2) is 0 Å². The summed E-state index contributed by atoms with van der Waals surface area (Å²) in [5, 5.41) is 8.78. The molecule has 1 atom stereocenters. The van der Waals surface area contributed by atoms with Crippen molar-refractivity contribution in [2.75, 3.05) is 13.2 Å². The van der Waals surface area contributed by atoms with E-state index in [9.17, 15) is 0 Å². The molecule has 0 heterocycles. The highest BCUT2D eigenvalue weighted by Crippen LogP contribution is 2.15. The van der Waals surface area contributed by atoms with E-state index in [1.165, 1.54) is 11.1 Å². The van der Waals surface area contributed by atoms with Crippen molar-refractivity contribution in [3.63, 3.8) is 0 Å². The van der Waals surface area contributed by atoms with Crippen LogP contribution in [-0.2, 0) is 6.42 Å². The minimum atomic E-state index is 0.209. The normalized spacial score (nSPS) is 12.8. The summed E-state index contributed by atoms with van der Waals surface area (Å²) in [4.78, 5) is 0. The fraction of sp³-hybridized carbons (Fsp3) is 0.455. The Bertz CT molecular complexity index is 260. The summed E-state index contributed by atoms with van der Waals surface area (Å²) in [6, 6.07) is 8.25. The van der Waals surface area contributed by atoms with Crippen molar-refractivity contribution in [1.29, 1.82) is 0 Å². The molecule has 13 heavy (non-hydrogen) atoms. The molecule has 3 N–H and O–H groups in total. The molecule has 0 saturated heterocycles. The first-order valence-electron chi connectivity index (χ1n) is 4.67. The van der Waals surface area contributed by atoms with Gasteiger partial charge in [0.2, 0.25) is 0 Å². The highest BCUT2D eigenvalue weighted by molar-refractivity contribution is 5.26. The molecule has 0 fully saturated rings. The summed E-state index contributed by atoms with van der Waals surface area (Å²) in [7, 11) is 0. The molecule has 0 aliphatic heterocycles. The lowest BCUT2D eigenvalue weighted by molar-refractivity contribution is 0.299. The Morgan fingerprint density at radius 1 is 1.46 bits per heavy atom. The van der Waals surface area contributed by atoms with Gasteiger partial charge in [0.15, 0.2) is 0 Å². The predicted molar refractivity (Wildman–Crippen MR) is 54.7 cm³/mol. The topological polar surface area (TPSA) is 46.2 Å². The third-order valence-electron chi connectivity index (χ3n) is 2.27. The van der Waals surface area contributed by atoms with Crippen LogP contribution in [-0.4, -0.2) is 18.3 Å². The molecular formula is C11H17NO. The van der Waals surface area contributed by atoms with E-state index < -0.39 is 0 Å². The molecule has 2 nitrogen and oxygen atoms in total. The quantitative estimate of drug-likeness (QED) is 0.731. The molecule has 0 radical (unpaired) electrons. The van der Waals surface area contributed by atoms with Gasteiger partial charge in [0.05, 0.1) is 0 Å². The summed E-state index contributed by atoms with van der Waals surface area (Å²) in [5.74, 6) is 0.402. The van der Waals surface area contributed by atoms with Crippen molar-refractivity contribution in [1.82, 2.24) is 0 Å². The standard InChI is InChI=1S/C11H17NO/c1-9(8-12)11-4-2-3-10(7-11)5-6-13/h2-4,7,9,13H,5-6,8,12H2,1H3. The van der Waals surface area contributed by atoms with E-state index in [0.29, 0.717) is 12.5 Å². The average molecular weight is 179 g/mol. The molecule has 1 unspecified atom stereocenters. The SMILES string of the molecule is CC(CN)c1cccc(CCO)c1. The largest absolute Gasteiger partial charge is 0.396 e. The molecule has 0 aromatic heterocycles. The van der Waals surface area contributed by atoms with Crippen LogP contribution in [0.25, 0.3) is 0 Å². The van der Waals surface area contributed by atoms with Gasteiger partial charge in [0, 0.05) is 6.61 Å². The highest BCUT2D eigenvalue weighted by Gasteiger charge is 2.02. The van der Waals surface area contributed by atoms with Gasteiger partial charge in [0.25, 0.3) is 0 Å². The lowest BCUT2D eigenvalue weighted by Crippen LogP contribution is -2.09. The van der Waals surface area contributed by atoms with Gasteiger partial charge in [-0.2, -0.15) is 0 Å². The van der Waals surface area contributed by atoms with Crippen LogP contribution < -0.4 is 5.73 Å². The average Bonchev–Trinajstić information content (AvgIpc) is 2.18. The van der Waals surface area contributed by atoms with Gasteiger partial charge in [-0.05, 0) is 30.0 Å². The monoisotopic (exact) mass is 179 g/mol. The maximum atomic E-state index is 8.78. The lowest BCUT2D eigenvalue weighted by atomic mass is 9.98. The summed E-state index contributed by atoms with van der Waals surface area (Å²) >= 11 is 0. The molecular weight excluding hydrogens is 162 g/mol. The number of aliphatic hydroxyl groups excluding tert-OH is 1. The highest BCUT2D eigenvalue weighted by atomic mass is 16.2. The second kappa shape index (κ2) is 5.00. The number of aliphatic hydroxyl groups is 1. The zero-order valence-corrected chi connectivity index (χ0v) is 8.03. The Labute approximate surface area is 79.4 Å². The molecule has 0 bridgehead atoms. The van der Waals surface area contributed by atoms with E-state index in [4.69, 9.17) is 10.8 Å². The Kier molecular flexibility index (Phi) is 3.93. The molecule has 1 aromatic carbocycles. The minimum absolute atomic E-state index is 0.209. The molecule has 0 spiro atoms. The zero-order chi connectivity index (χ0) is 9.68.